The van der Waals surface area contributed by atoms with Crippen molar-refractivity contribution in [2.75, 3.05) is 13.1 Å². The lowest BCUT2D eigenvalue weighted by molar-refractivity contribution is 0.0243. The largest absolute Gasteiger partial charge is 0.379 e. The number of aliphatic hydroxyl groups is 1. The summed E-state index contributed by atoms with van der Waals surface area (Å²) in [7, 11) is 0. The van der Waals surface area contributed by atoms with Gasteiger partial charge in [0.25, 0.3) is 5.89 Å². The molecule has 0 aliphatic carbocycles. The van der Waals surface area contributed by atoms with Crippen LogP contribution < -0.4 is 5.32 Å². The highest BCUT2D eigenvalue weighted by atomic mass is 79.9. The molecule has 0 spiro atoms. The average Bonchev–Trinajstić information content (AvgIpc) is 3.02. The minimum absolute atomic E-state index is 0.282. The van der Waals surface area contributed by atoms with Gasteiger partial charge in [0.1, 0.15) is 0 Å². The zero-order valence-corrected chi connectivity index (χ0v) is 12.1. The number of benzene rings is 1. The molecule has 0 saturated carbocycles. The van der Waals surface area contributed by atoms with Crippen molar-refractivity contribution in [2.45, 2.75) is 18.9 Å². The monoisotopic (exact) mass is 323 g/mol. The Morgan fingerprint density at radius 1 is 1.47 bits per heavy atom. The normalized spacial score (nSPS) is 22.9. The topological polar surface area (TPSA) is 71.2 Å². The van der Waals surface area contributed by atoms with Crippen LogP contribution in [0.1, 0.15) is 17.9 Å². The fourth-order valence-corrected chi connectivity index (χ4v) is 2.50. The van der Waals surface area contributed by atoms with Crippen LogP contribution in [0.3, 0.4) is 0 Å². The number of aryl methyl sites for hydroxylation is 1. The van der Waals surface area contributed by atoms with E-state index in [2.05, 4.69) is 31.4 Å². The third-order valence-electron chi connectivity index (χ3n) is 3.39. The predicted octanol–water partition coefficient (Wildman–Crippen LogP) is 1.99. The van der Waals surface area contributed by atoms with E-state index in [-0.39, 0.29) is 5.89 Å². The van der Waals surface area contributed by atoms with E-state index in [1.54, 1.807) is 0 Å². The van der Waals surface area contributed by atoms with Crippen LogP contribution in [0.25, 0.3) is 11.4 Å². The lowest BCUT2D eigenvalue weighted by atomic mass is 10.0. The van der Waals surface area contributed by atoms with E-state index < -0.39 is 5.60 Å². The van der Waals surface area contributed by atoms with Crippen molar-refractivity contribution in [1.82, 2.24) is 15.5 Å². The molecule has 0 amide bonds. The second-order valence-electron chi connectivity index (χ2n) is 4.85. The maximum absolute atomic E-state index is 10.4. The van der Waals surface area contributed by atoms with Gasteiger partial charge in [0.15, 0.2) is 5.60 Å². The molecule has 2 aromatic rings. The number of hydrogen-bond acceptors (Lipinski definition) is 5. The third kappa shape index (κ3) is 2.31. The van der Waals surface area contributed by atoms with Crippen molar-refractivity contribution >= 4 is 15.9 Å². The standard InChI is InChI=1S/C13H14BrN3O2/c1-8-2-3-9(6-10(8)14)11-16-12(19-17-11)13(18)4-5-15-7-13/h2-3,6,15,18H,4-5,7H2,1H3. The molecule has 1 atom stereocenters. The summed E-state index contributed by atoms with van der Waals surface area (Å²) >= 11 is 3.48. The maximum atomic E-state index is 10.4. The summed E-state index contributed by atoms with van der Waals surface area (Å²) in [5.41, 5.74) is 0.973. The molecule has 1 aromatic heterocycles. The summed E-state index contributed by atoms with van der Waals surface area (Å²) in [6.07, 6.45) is 0.590. The first kappa shape index (κ1) is 12.8. The summed E-state index contributed by atoms with van der Waals surface area (Å²) in [6.45, 7) is 3.22. The Kier molecular flexibility index (Phi) is 3.16. The molecule has 6 heteroatoms. The molecule has 1 aliphatic heterocycles. The average molecular weight is 324 g/mol. The molecule has 1 unspecified atom stereocenters. The smallest absolute Gasteiger partial charge is 0.260 e. The Balaban J connectivity index is 1.94. The second-order valence-corrected chi connectivity index (χ2v) is 5.70. The number of rotatable bonds is 2. The van der Waals surface area contributed by atoms with E-state index in [0.717, 1.165) is 22.1 Å². The summed E-state index contributed by atoms with van der Waals surface area (Å²) in [5.74, 6) is 0.778. The van der Waals surface area contributed by atoms with Crippen LogP contribution in [0.4, 0.5) is 0 Å². The first-order chi connectivity index (χ1) is 9.08. The predicted molar refractivity (Wildman–Crippen MR) is 73.6 cm³/mol. The molecule has 2 heterocycles. The van der Waals surface area contributed by atoms with E-state index in [0.29, 0.717) is 18.8 Å². The van der Waals surface area contributed by atoms with Crippen LogP contribution in [-0.4, -0.2) is 28.3 Å². The molecule has 1 fully saturated rings. The van der Waals surface area contributed by atoms with Crippen molar-refractivity contribution in [3.05, 3.63) is 34.1 Å². The minimum Gasteiger partial charge on any atom is -0.379 e. The molecule has 0 radical (unpaired) electrons. The van der Waals surface area contributed by atoms with Gasteiger partial charge in [-0.15, -0.1) is 0 Å². The highest BCUT2D eigenvalue weighted by Crippen LogP contribution is 2.29. The van der Waals surface area contributed by atoms with Crippen molar-refractivity contribution < 1.29 is 9.63 Å². The molecular formula is C13H14BrN3O2. The third-order valence-corrected chi connectivity index (χ3v) is 4.24. The van der Waals surface area contributed by atoms with Crippen molar-refractivity contribution in [2.24, 2.45) is 0 Å². The van der Waals surface area contributed by atoms with Gasteiger partial charge in [-0.1, -0.05) is 33.2 Å². The molecule has 3 rings (SSSR count). The Bertz CT molecular complexity index is 606. The number of nitrogens with one attached hydrogen (secondary N) is 1. The van der Waals surface area contributed by atoms with Crippen LogP contribution >= 0.6 is 15.9 Å². The Morgan fingerprint density at radius 2 is 2.32 bits per heavy atom. The first-order valence-corrected chi connectivity index (χ1v) is 6.92. The van der Waals surface area contributed by atoms with Crippen LogP contribution in [-0.2, 0) is 5.60 Å². The van der Waals surface area contributed by atoms with Crippen molar-refractivity contribution in [3.8, 4) is 11.4 Å². The van der Waals surface area contributed by atoms with Crippen LogP contribution in [0, 0.1) is 6.92 Å². The molecule has 0 bridgehead atoms. The van der Waals surface area contributed by atoms with Crippen LogP contribution in [0.15, 0.2) is 27.2 Å². The fraction of sp³-hybridized carbons (Fsp3) is 0.385. The summed E-state index contributed by atoms with van der Waals surface area (Å²) in [5, 5.41) is 17.4. The van der Waals surface area contributed by atoms with E-state index in [1.165, 1.54) is 0 Å². The first-order valence-electron chi connectivity index (χ1n) is 6.12. The van der Waals surface area contributed by atoms with Gasteiger partial charge in [-0.25, -0.2) is 0 Å². The van der Waals surface area contributed by atoms with Gasteiger partial charge in [-0.3, -0.25) is 0 Å². The number of halogens is 1. The van der Waals surface area contributed by atoms with Crippen LogP contribution in [0.2, 0.25) is 0 Å². The van der Waals surface area contributed by atoms with Gasteiger partial charge >= 0.3 is 0 Å². The Labute approximate surface area is 119 Å². The second kappa shape index (κ2) is 4.70. The van der Waals surface area contributed by atoms with Gasteiger partial charge < -0.3 is 14.9 Å². The van der Waals surface area contributed by atoms with Gasteiger partial charge in [-0.05, 0) is 31.5 Å². The molecule has 100 valence electrons. The fourth-order valence-electron chi connectivity index (χ4n) is 2.12. The maximum Gasteiger partial charge on any atom is 0.260 e. The summed E-state index contributed by atoms with van der Waals surface area (Å²) in [4.78, 5) is 4.32. The molecule has 5 nitrogen and oxygen atoms in total. The number of nitrogens with zero attached hydrogens (tertiary/aromatic N) is 2. The van der Waals surface area contributed by atoms with E-state index in [1.807, 2.05) is 25.1 Å². The van der Waals surface area contributed by atoms with Gasteiger partial charge in [0.2, 0.25) is 5.82 Å². The minimum atomic E-state index is -1.03. The summed E-state index contributed by atoms with van der Waals surface area (Å²) < 4.78 is 6.21. The molecule has 1 aliphatic rings. The lowest BCUT2D eigenvalue weighted by Gasteiger charge is -2.14. The molecular weight excluding hydrogens is 310 g/mol. The highest BCUT2D eigenvalue weighted by Gasteiger charge is 2.38. The van der Waals surface area contributed by atoms with E-state index in [9.17, 15) is 5.11 Å². The molecule has 1 saturated heterocycles. The summed E-state index contributed by atoms with van der Waals surface area (Å²) in [6, 6.07) is 5.87. The zero-order valence-electron chi connectivity index (χ0n) is 10.5. The van der Waals surface area contributed by atoms with E-state index in [4.69, 9.17) is 4.52 Å². The van der Waals surface area contributed by atoms with E-state index >= 15 is 0 Å². The van der Waals surface area contributed by atoms with Gasteiger partial charge in [-0.2, -0.15) is 4.98 Å². The number of β-amino-alcohol motifs (C(OH)–C–C–N with tert-alkyl or cyclic N) is 1. The molecule has 19 heavy (non-hydrogen) atoms. The highest BCUT2D eigenvalue weighted by molar-refractivity contribution is 9.10. The zero-order chi connectivity index (χ0) is 13.5. The lowest BCUT2D eigenvalue weighted by Crippen LogP contribution is -2.28. The van der Waals surface area contributed by atoms with Crippen molar-refractivity contribution in [1.29, 1.82) is 0 Å². The molecule has 1 aromatic carbocycles. The Hall–Kier alpha value is -1.24. The molecule has 2 N–H and O–H groups in total. The Morgan fingerprint density at radius 3 is 3.00 bits per heavy atom. The van der Waals surface area contributed by atoms with Crippen molar-refractivity contribution in [3.63, 3.8) is 0 Å². The number of aromatic nitrogens is 2. The quantitative estimate of drug-likeness (QED) is 0.884. The van der Waals surface area contributed by atoms with Gasteiger partial charge in [0, 0.05) is 16.6 Å². The van der Waals surface area contributed by atoms with Gasteiger partial charge in [0.05, 0.1) is 0 Å². The van der Waals surface area contributed by atoms with Crippen LogP contribution in [0.5, 0.6) is 0 Å². The number of hydrogen-bond donors (Lipinski definition) is 2. The SMILES string of the molecule is Cc1ccc(-c2noc(C3(O)CCNC3)n2)cc1Br.